The van der Waals surface area contributed by atoms with Gasteiger partial charge in [-0.3, -0.25) is 0 Å². The molecule has 0 spiro atoms. The van der Waals surface area contributed by atoms with Gasteiger partial charge in [0.2, 0.25) is 0 Å². The van der Waals surface area contributed by atoms with Crippen LogP contribution in [0.15, 0.2) is 53.7 Å². The van der Waals surface area contributed by atoms with Crippen LogP contribution in [-0.2, 0) is 10.6 Å². The molecule has 2 atom stereocenters. The molecule has 2 aromatic rings. The van der Waals surface area contributed by atoms with Crippen LogP contribution in [0.3, 0.4) is 0 Å². The molecule has 3 rings (SSSR count). The van der Waals surface area contributed by atoms with Gasteiger partial charge in [-0.2, -0.15) is 0 Å². The Morgan fingerprint density at radius 2 is 1.87 bits per heavy atom. The summed E-state index contributed by atoms with van der Waals surface area (Å²) < 4.78 is 13.0. The Bertz CT molecular complexity index is 787. The lowest BCUT2D eigenvalue weighted by atomic mass is 9.85. The van der Waals surface area contributed by atoms with Crippen LogP contribution in [0.25, 0.3) is 0 Å². The molecule has 1 heterocycles. The molecule has 0 aromatic heterocycles. The first kappa shape index (κ1) is 15.2. The summed E-state index contributed by atoms with van der Waals surface area (Å²) in [5, 5.41) is 24.1. The third kappa shape index (κ3) is 2.47. The molecule has 1 aliphatic rings. The Morgan fingerprint density at radius 3 is 2.52 bits per heavy atom. The number of oxime groups is 1. The Morgan fingerprint density at radius 1 is 1.22 bits per heavy atom. The van der Waals surface area contributed by atoms with Crippen LogP contribution in [0.2, 0.25) is 0 Å². The predicted molar refractivity (Wildman–Crippen MR) is 80.5 cm³/mol. The highest BCUT2D eigenvalue weighted by atomic mass is 19.1. The second kappa shape index (κ2) is 5.48. The Labute approximate surface area is 131 Å². The number of rotatable bonds is 3. The van der Waals surface area contributed by atoms with Crippen molar-refractivity contribution in [3.05, 3.63) is 71.0 Å². The number of halogens is 1. The first-order valence-corrected chi connectivity index (χ1v) is 7.00. The van der Waals surface area contributed by atoms with Crippen molar-refractivity contribution >= 4 is 11.7 Å². The number of benzene rings is 2. The lowest BCUT2D eigenvalue weighted by Gasteiger charge is -2.27. The number of nitrogens with zero attached hydrogens (tertiary/aromatic N) is 1. The second-order valence-electron chi connectivity index (χ2n) is 5.34. The number of hydrogen-bond acceptors (Lipinski definition) is 4. The van der Waals surface area contributed by atoms with Gasteiger partial charge in [0.25, 0.3) is 5.79 Å². The van der Waals surface area contributed by atoms with Crippen LogP contribution in [0.1, 0.15) is 28.4 Å². The van der Waals surface area contributed by atoms with Gasteiger partial charge in [-0.1, -0.05) is 35.5 Å². The first-order valence-electron chi connectivity index (χ1n) is 7.00. The third-order valence-electron chi connectivity index (χ3n) is 3.96. The van der Waals surface area contributed by atoms with Gasteiger partial charge in [0, 0.05) is 11.1 Å². The quantitative estimate of drug-likeness (QED) is 0.913. The van der Waals surface area contributed by atoms with E-state index < -0.39 is 17.7 Å². The molecule has 2 N–H and O–H groups in total. The van der Waals surface area contributed by atoms with Crippen molar-refractivity contribution in [1.29, 1.82) is 0 Å². The molecule has 2 unspecified atom stereocenters. The monoisotopic (exact) mass is 315 g/mol. The molecule has 0 bridgehead atoms. The van der Waals surface area contributed by atoms with E-state index in [0.717, 1.165) is 0 Å². The molecule has 0 fully saturated rings. The summed E-state index contributed by atoms with van der Waals surface area (Å²) in [5.41, 5.74) is 1.09. The van der Waals surface area contributed by atoms with E-state index in [1.54, 1.807) is 19.1 Å². The molecular formula is C17H14FNO4. The van der Waals surface area contributed by atoms with Gasteiger partial charge in [-0.05, 0) is 25.1 Å². The average molecular weight is 315 g/mol. The zero-order valence-electron chi connectivity index (χ0n) is 12.2. The third-order valence-corrected chi connectivity index (χ3v) is 3.96. The SMILES string of the molecule is CC1C(c2ccc(F)cc2)=NOC1(O)c1ccccc1C(=O)O. The average Bonchev–Trinajstić information content (AvgIpc) is 2.85. The fourth-order valence-corrected chi connectivity index (χ4v) is 2.65. The molecule has 0 radical (unpaired) electrons. The summed E-state index contributed by atoms with van der Waals surface area (Å²) in [6.07, 6.45) is 0. The first-order chi connectivity index (χ1) is 10.9. The Kier molecular flexibility index (Phi) is 3.61. The highest BCUT2D eigenvalue weighted by Crippen LogP contribution is 2.40. The van der Waals surface area contributed by atoms with Crippen molar-refractivity contribution in [1.82, 2.24) is 0 Å². The van der Waals surface area contributed by atoms with Crippen molar-refractivity contribution in [3.63, 3.8) is 0 Å². The highest BCUT2D eigenvalue weighted by Gasteiger charge is 2.48. The molecule has 6 heteroatoms. The number of carbonyl (C=O) groups is 1. The predicted octanol–water partition coefficient (Wildman–Crippen LogP) is 2.74. The Hall–Kier alpha value is -2.73. The van der Waals surface area contributed by atoms with Crippen molar-refractivity contribution in [3.8, 4) is 0 Å². The summed E-state index contributed by atoms with van der Waals surface area (Å²) in [6.45, 7) is 1.67. The van der Waals surface area contributed by atoms with E-state index in [9.17, 15) is 19.4 Å². The summed E-state index contributed by atoms with van der Waals surface area (Å²) in [7, 11) is 0. The van der Waals surface area contributed by atoms with Crippen LogP contribution in [0.5, 0.6) is 0 Å². The number of carboxylic acid groups (broad SMARTS) is 1. The fraction of sp³-hybridized carbons (Fsp3) is 0.176. The van der Waals surface area contributed by atoms with Gasteiger partial charge in [0.15, 0.2) is 0 Å². The number of hydrogen-bond donors (Lipinski definition) is 2. The lowest BCUT2D eigenvalue weighted by Crippen LogP contribution is -2.36. The minimum absolute atomic E-state index is 0.0580. The molecule has 23 heavy (non-hydrogen) atoms. The lowest BCUT2D eigenvalue weighted by molar-refractivity contribution is -0.214. The van der Waals surface area contributed by atoms with Gasteiger partial charge < -0.3 is 15.1 Å². The smallest absolute Gasteiger partial charge is 0.336 e. The number of aliphatic hydroxyl groups is 1. The van der Waals surface area contributed by atoms with E-state index in [2.05, 4.69) is 5.16 Å². The zero-order chi connectivity index (χ0) is 16.6. The van der Waals surface area contributed by atoms with Crippen molar-refractivity contribution in [2.45, 2.75) is 12.7 Å². The normalized spacial score (nSPS) is 23.3. The molecule has 0 aliphatic carbocycles. The van der Waals surface area contributed by atoms with E-state index in [1.807, 2.05) is 0 Å². The second-order valence-corrected chi connectivity index (χ2v) is 5.34. The molecule has 118 valence electrons. The van der Waals surface area contributed by atoms with Gasteiger partial charge in [0.1, 0.15) is 5.82 Å². The largest absolute Gasteiger partial charge is 0.478 e. The molecular weight excluding hydrogens is 301 g/mol. The standard InChI is InChI=1S/C17H14FNO4/c1-10-15(11-6-8-12(18)9-7-11)19-23-17(10,22)14-5-3-2-4-13(14)16(20)21/h2-10,22H,1H3,(H,20,21). The van der Waals surface area contributed by atoms with E-state index in [1.165, 1.54) is 36.4 Å². The fourth-order valence-electron chi connectivity index (χ4n) is 2.65. The van der Waals surface area contributed by atoms with E-state index in [-0.39, 0.29) is 16.9 Å². The minimum atomic E-state index is -1.89. The van der Waals surface area contributed by atoms with Gasteiger partial charge in [0.05, 0.1) is 17.2 Å². The summed E-state index contributed by atoms with van der Waals surface area (Å²) >= 11 is 0. The van der Waals surface area contributed by atoms with E-state index in [0.29, 0.717) is 11.3 Å². The van der Waals surface area contributed by atoms with Gasteiger partial charge in [-0.25, -0.2) is 9.18 Å². The maximum absolute atomic E-state index is 13.0. The van der Waals surface area contributed by atoms with Crippen molar-refractivity contribution < 1.29 is 24.2 Å². The summed E-state index contributed by atoms with van der Waals surface area (Å²) in [4.78, 5) is 16.6. The van der Waals surface area contributed by atoms with Crippen LogP contribution in [0, 0.1) is 11.7 Å². The number of aromatic carboxylic acids is 1. The molecule has 5 nitrogen and oxygen atoms in total. The van der Waals surface area contributed by atoms with Crippen molar-refractivity contribution in [2.75, 3.05) is 0 Å². The van der Waals surface area contributed by atoms with Gasteiger partial charge in [-0.15, -0.1) is 0 Å². The van der Waals surface area contributed by atoms with Crippen LogP contribution in [0.4, 0.5) is 4.39 Å². The molecule has 0 saturated carbocycles. The maximum Gasteiger partial charge on any atom is 0.336 e. The van der Waals surface area contributed by atoms with E-state index >= 15 is 0 Å². The molecule has 0 saturated heterocycles. The van der Waals surface area contributed by atoms with Crippen LogP contribution < -0.4 is 0 Å². The van der Waals surface area contributed by atoms with E-state index in [4.69, 9.17) is 4.84 Å². The van der Waals surface area contributed by atoms with Gasteiger partial charge >= 0.3 is 5.97 Å². The van der Waals surface area contributed by atoms with Crippen molar-refractivity contribution in [2.24, 2.45) is 11.1 Å². The zero-order valence-corrected chi connectivity index (χ0v) is 12.2. The topological polar surface area (TPSA) is 79.1 Å². The van der Waals surface area contributed by atoms with Crippen LogP contribution in [-0.4, -0.2) is 21.9 Å². The number of carboxylic acids is 1. The highest BCUT2D eigenvalue weighted by molar-refractivity contribution is 6.03. The molecule has 0 amide bonds. The molecule has 2 aromatic carbocycles. The summed E-state index contributed by atoms with van der Waals surface area (Å²) in [5.74, 6) is -4.07. The molecule has 1 aliphatic heterocycles. The Balaban J connectivity index is 2.00. The minimum Gasteiger partial charge on any atom is -0.478 e. The van der Waals surface area contributed by atoms with Crippen LogP contribution >= 0.6 is 0 Å². The maximum atomic E-state index is 13.0. The summed E-state index contributed by atoms with van der Waals surface area (Å²) in [6, 6.07) is 11.7.